The van der Waals surface area contributed by atoms with Crippen LogP contribution >= 0.6 is 23.7 Å². The average molecular weight is 365 g/mol. The second-order valence-corrected chi connectivity index (χ2v) is 8.17. The number of hydroxylamine groups is 1. The maximum atomic E-state index is 6.06. The van der Waals surface area contributed by atoms with Crippen molar-refractivity contribution < 1.29 is 4.84 Å². The van der Waals surface area contributed by atoms with Crippen molar-refractivity contribution in [2.75, 3.05) is 19.6 Å². The van der Waals surface area contributed by atoms with Crippen LogP contribution in [0.1, 0.15) is 24.3 Å². The summed E-state index contributed by atoms with van der Waals surface area (Å²) in [5, 5.41) is 1.10. The van der Waals surface area contributed by atoms with Crippen molar-refractivity contribution in [3.8, 4) is 0 Å². The van der Waals surface area contributed by atoms with Gasteiger partial charge in [0.15, 0.2) is 0 Å². The highest BCUT2D eigenvalue weighted by Gasteiger charge is 2.52. The van der Waals surface area contributed by atoms with E-state index in [0.29, 0.717) is 5.92 Å². The molecule has 1 atom stereocenters. The van der Waals surface area contributed by atoms with Gasteiger partial charge in [-0.2, -0.15) is 0 Å². The van der Waals surface area contributed by atoms with Crippen LogP contribution in [0.15, 0.2) is 23.2 Å². The SMILES string of the molecule is Cc1nc2ccc(N=C3C[C@@]4(CN5CCC4CC5)ON3)cc2s1.Cl. The number of fused-ring (bicyclic) bond motifs is 3. The van der Waals surface area contributed by atoms with Gasteiger partial charge in [-0.3, -0.25) is 10.3 Å². The number of nitrogens with one attached hydrogen (secondary N) is 1. The molecule has 24 heavy (non-hydrogen) atoms. The number of hydrogen-bond donors (Lipinski definition) is 1. The zero-order valence-corrected chi connectivity index (χ0v) is 15.3. The van der Waals surface area contributed by atoms with E-state index >= 15 is 0 Å². The Morgan fingerprint density at radius 1 is 1.38 bits per heavy atom. The topological polar surface area (TPSA) is 49.8 Å². The van der Waals surface area contributed by atoms with Crippen LogP contribution in [0.25, 0.3) is 10.2 Å². The summed E-state index contributed by atoms with van der Waals surface area (Å²) in [5.41, 5.74) is 5.09. The van der Waals surface area contributed by atoms with Crippen LogP contribution in [-0.4, -0.2) is 41.0 Å². The molecule has 0 unspecified atom stereocenters. The number of nitrogens with zero attached hydrogens (tertiary/aromatic N) is 3. The Morgan fingerprint density at radius 2 is 2.21 bits per heavy atom. The molecule has 4 saturated heterocycles. The minimum absolute atomic E-state index is 0. The van der Waals surface area contributed by atoms with Crippen LogP contribution in [0.3, 0.4) is 0 Å². The summed E-state index contributed by atoms with van der Waals surface area (Å²) in [5.74, 6) is 1.62. The third-order valence-corrected chi connectivity index (χ3v) is 6.34. The lowest BCUT2D eigenvalue weighted by atomic mass is 9.74. The molecule has 4 aliphatic rings. The maximum absolute atomic E-state index is 6.06. The number of amidine groups is 1. The van der Waals surface area contributed by atoms with E-state index in [2.05, 4.69) is 27.5 Å². The fourth-order valence-electron chi connectivity index (χ4n) is 4.27. The van der Waals surface area contributed by atoms with Gasteiger partial charge in [0.2, 0.25) is 0 Å². The highest BCUT2D eigenvalue weighted by atomic mass is 35.5. The van der Waals surface area contributed by atoms with Crippen LogP contribution in [0, 0.1) is 12.8 Å². The van der Waals surface area contributed by atoms with Crippen molar-refractivity contribution in [1.29, 1.82) is 0 Å². The van der Waals surface area contributed by atoms with Crippen molar-refractivity contribution in [3.05, 3.63) is 23.2 Å². The molecule has 7 heteroatoms. The van der Waals surface area contributed by atoms with Crippen molar-refractivity contribution in [2.24, 2.45) is 10.9 Å². The van der Waals surface area contributed by atoms with E-state index in [9.17, 15) is 0 Å². The highest BCUT2D eigenvalue weighted by molar-refractivity contribution is 7.18. The molecule has 2 aromatic rings. The van der Waals surface area contributed by atoms with E-state index in [-0.39, 0.29) is 18.0 Å². The van der Waals surface area contributed by atoms with E-state index in [1.165, 1.54) is 30.6 Å². The second-order valence-electron chi connectivity index (χ2n) is 6.94. The third kappa shape index (κ3) is 2.62. The summed E-state index contributed by atoms with van der Waals surface area (Å²) >= 11 is 1.72. The molecule has 1 N–H and O–H groups in total. The van der Waals surface area contributed by atoms with E-state index in [0.717, 1.165) is 35.0 Å². The third-order valence-electron chi connectivity index (χ3n) is 5.40. The first-order valence-electron chi connectivity index (χ1n) is 8.31. The van der Waals surface area contributed by atoms with Gasteiger partial charge in [-0.1, -0.05) is 0 Å². The fourth-order valence-corrected chi connectivity index (χ4v) is 5.13. The molecule has 5 nitrogen and oxygen atoms in total. The lowest BCUT2D eigenvalue weighted by Gasteiger charge is -2.49. The number of thiazole rings is 1. The molecule has 6 rings (SSSR count). The number of hydrogen-bond acceptors (Lipinski definition) is 5. The number of halogens is 1. The Hall–Kier alpha value is -1.21. The predicted octanol–water partition coefficient (Wildman–Crippen LogP) is 3.45. The normalized spacial score (nSPS) is 33.1. The molecule has 0 amide bonds. The molecule has 1 aromatic carbocycles. The second kappa shape index (κ2) is 5.95. The molecule has 4 aliphatic heterocycles. The quantitative estimate of drug-likeness (QED) is 0.842. The summed E-state index contributed by atoms with van der Waals surface area (Å²) in [6.45, 7) is 5.53. The van der Waals surface area contributed by atoms with Gasteiger partial charge in [-0.15, -0.1) is 23.7 Å². The van der Waals surface area contributed by atoms with Crippen LogP contribution in [0.4, 0.5) is 5.69 Å². The van der Waals surface area contributed by atoms with E-state index in [1.54, 1.807) is 11.3 Å². The molecular weight excluding hydrogens is 344 g/mol. The molecule has 4 fully saturated rings. The van der Waals surface area contributed by atoms with E-state index < -0.39 is 0 Å². The molecule has 128 valence electrons. The molecule has 1 aromatic heterocycles. The van der Waals surface area contributed by atoms with E-state index in [4.69, 9.17) is 9.83 Å². The van der Waals surface area contributed by atoms with Gasteiger partial charge in [0.05, 0.1) is 20.9 Å². The van der Waals surface area contributed by atoms with Crippen molar-refractivity contribution in [3.63, 3.8) is 0 Å². The lowest BCUT2D eigenvalue weighted by molar-refractivity contribution is -0.150. The zero-order chi connectivity index (χ0) is 15.4. The minimum atomic E-state index is -0.0550. The Bertz CT molecular complexity index is 799. The number of rotatable bonds is 1. The standard InChI is InChI=1S/C17H20N4OS.ClH/c1-11-18-14-3-2-13(8-15(14)23-11)19-16-9-17(22-20-16)10-21-6-4-12(17)5-7-21;/h2-3,8,12H,4-7,9-10H2,1H3,(H,19,20);1H/t17-;/m0./s1. The summed E-state index contributed by atoms with van der Waals surface area (Å²) in [6.07, 6.45) is 3.40. The van der Waals surface area contributed by atoms with Crippen LogP contribution in [-0.2, 0) is 4.84 Å². The summed E-state index contributed by atoms with van der Waals surface area (Å²) in [6, 6.07) is 6.21. The van der Waals surface area contributed by atoms with Crippen LogP contribution < -0.4 is 5.48 Å². The number of aliphatic imine (C=N–C) groups is 1. The van der Waals surface area contributed by atoms with Crippen molar-refractivity contribution in [2.45, 2.75) is 31.8 Å². The lowest BCUT2D eigenvalue weighted by Crippen LogP contribution is -2.59. The largest absolute Gasteiger partial charge is 0.300 e. The Morgan fingerprint density at radius 3 is 2.96 bits per heavy atom. The maximum Gasteiger partial charge on any atom is 0.129 e. The van der Waals surface area contributed by atoms with E-state index in [1.807, 2.05) is 13.0 Å². The molecule has 1 spiro atoms. The Balaban J connectivity index is 0.00000146. The van der Waals surface area contributed by atoms with Gasteiger partial charge >= 0.3 is 0 Å². The summed E-state index contributed by atoms with van der Waals surface area (Å²) in [4.78, 5) is 17.9. The van der Waals surface area contributed by atoms with Gasteiger partial charge in [-0.05, 0) is 57.0 Å². The van der Waals surface area contributed by atoms with Gasteiger partial charge in [0.25, 0.3) is 0 Å². The first-order chi connectivity index (χ1) is 11.2. The first-order valence-corrected chi connectivity index (χ1v) is 9.13. The molecule has 0 aliphatic carbocycles. The molecule has 5 heterocycles. The molecule has 0 saturated carbocycles. The molecule has 0 radical (unpaired) electrons. The van der Waals surface area contributed by atoms with Gasteiger partial charge in [0.1, 0.15) is 11.4 Å². The zero-order valence-electron chi connectivity index (χ0n) is 13.6. The Kier molecular flexibility index (Phi) is 4.03. The molecule has 2 bridgehead atoms. The summed E-state index contributed by atoms with van der Waals surface area (Å²) in [7, 11) is 0. The van der Waals surface area contributed by atoms with Crippen LogP contribution in [0.2, 0.25) is 0 Å². The fraction of sp³-hybridized carbons (Fsp3) is 0.529. The van der Waals surface area contributed by atoms with Gasteiger partial charge in [0, 0.05) is 13.0 Å². The number of aromatic nitrogens is 1. The number of piperidine rings is 3. The van der Waals surface area contributed by atoms with Gasteiger partial charge < -0.3 is 4.90 Å². The smallest absolute Gasteiger partial charge is 0.129 e. The number of benzene rings is 1. The van der Waals surface area contributed by atoms with Gasteiger partial charge in [-0.25, -0.2) is 9.98 Å². The first kappa shape index (κ1) is 16.3. The van der Waals surface area contributed by atoms with Crippen LogP contribution in [0.5, 0.6) is 0 Å². The summed E-state index contributed by atoms with van der Waals surface area (Å²) < 4.78 is 1.20. The Labute approximate surface area is 151 Å². The minimum Gasteiger partial charge on any atom is -0.300 e. The van der Waals surface area contributed by atoms with Crippen molar-refractivity contribution >= 4 is 45.5 Å². The highest BCUT2D eigenvalue weighted by Crippen LogP contribution is 2.42. The molecular formula is C17H21ClN4OS. The van der Waals surface area contributed by atoms with Crippen molar-refractivity contribution in [1.82, 2.24) is 15.4 Å². The number of aryl methyl sites for hydroxylation is 1. The average Bonchev–Trinajstić information content (AvgIpc) is 3.11. The predicted molar refractivity (Wildman–Crippen MR) is 99.4 cm³/mol. The monoisotopic (exact) mass is 364 g/mol.